The van der Waals surface area contributed by atoms with E-state index in [4.69, 9.17) is 0 Å². The molecule has 9 heteroatoms. The van der Waals surface area contributed by atoms with E-state index in [-0.39, 0.29) is 24.4 Å². The van der Waals surface area contributed by atoms with Crippen LogP contribution in [0.5, 0.6) is 0 Å². The number of aromatic nitrogens is 5. The van der Waals surface area contributed by atoms with Crippen LogP contribution in [0, 0.1) is 6.92 Å². The van der Waals surface area contributed by atoms with Crippen LogP contribution >= 0.6 is 12.4 Å². The van der Waals surface area contributed by atoms with E-state index in [0.717, 1.165) is 48.2 Å². The minimum atomic E-state index is -0.234. The van der Waals surface area contributed by atoms with Crippen molar-refractivity contribution in [2.75, 3.05) is 18.4 Å². The summed E-state index contributed by atoms with van der Waals surface area (Å²) in [7, 11) is 0. The average Bonchev–Trinajstić information content (AvgIpc) is 3.25. The molecule has 1 saturated heterocycles. The number of hydrogen-bond donors (Lipinski definition) is 2. The second-order valence-corrected chi connectivity index (χ2v) is 7.36. The van der Waals surface area contributed by atoms with Gasteiger partial charge in [-0.1, -0.05) is 5.21 Å². The molecule has 3 aromatic rings. The Bertz CT molecular complexity index is 972. The molecule has 0 radical (unpaired) electrons. The summed E-state index contributed by atoms with van der Waals surface area (Å²) < 4.78 is 3.84. The Morgan fingerprint density at radius 2 is 2.04 bits per heavy atom. The predicted molar refractivity (Wildman–Crippen MR) is 111 cm³/mol. The number of piperidine rings is 1. The van der Waals surface area contributed by atoms with Crippen LogP contribution in [0.15, 0.2) is 24.4 Å². The molecular weight excluding hydrogens is 378 g/mol. The zero-order chi connectivity index (χ0) is 19.0. The van der Waals surface area contributed by atoms with Crippen molar-refractivity contribution >= 4 is 34.9 Å². The van der Waals surface area contributed by atoms with Crippen molar-refractivity contribution in [3.05, 3.63) is 35.8 Å². The number of benzene rings is 1. The Hall–Kier alpha value is -2.45. The van der Waals surface area contributed by atoms with Crippen molar-refractivity contribution < 1.29 is 4.79 Å². The molecule has 0 spiro atoms. The number of carbonyl (C=O) groups is 1. The van der Waals surface area contributed by atoms with Gasteiger partial charge in [0.15, 0.2) is 5.69 Å². The maximum absolute atomic E-state index is 12.8. The monoisotopic (exact) mass is 403 g/mol. The highest BCUT2D eigenvalue weighted by atomic mass is 35.5. The van der Waals surface area contributed by atoms with Gasteiger partial charge in [0.25, 0.3) is 5.91 Å². The van der Waals surface area contributed by atoms with Crippen molar-refractivity contribution in [1.82, 2.24) is 30.1 Å². The first-order valence-electron chi connectivity index (χ1n) is 9.45. The molecule has 2 N–H and O–H groups in total. The fourth-order valence-electron chi connectivity index (χ4n) is 3.67. The smallest absolute Gasteiger partial charge is 0.278 e. The summed E-state index contributed by atoms with van der Waals surface area (Å²) in [4.78, 5) is 12.8. The number of nitrogens with one attached hydrogen (secondary N) is 2. The maximum atomic E-state index is 12.8. The molecule has 8 nitrogen and oxygen atoms in total. The fraction of sp³-hybridized carbons (Fsp3) is 0.474. The lowest BCUT2D eigenvalue weighted by atomic mass is 10.1. The van der Waals surface area contributed by atoms with Gasteiger partial charge in [-0.25, -0.2) is 4.68 Å². The third-order valence-electron chi connectivity index (χ3n) is 5.14. The number of rotatable bonds is 4. The number of carbonyl (C=O) groups excluding carboxylic acids is 1. The molecule has 1 amide bonds. The van der Waals surface area contributed by atoms with Crippen molar-refractivity contribution in [2.45, 2.75) is 45.7 Å². The summed E-state index contributed by atoms with van der Waals surface area (Å²) >= 11 is 0. The zero-order valence-corrected chi connectivity index (χ0v) is 17.2. The first-order chi connectivity index (χ1) is 13.0. The number of fused-ring (bicyclic) bond motifs is 1. The number of anilines is 1. The lowest BCUT2D eigenvalue weighted by Gasteiger charge is -2.23. The molecule has 0 bridgehead atoms. The quantitative estimate of drug-likeness (QED) is 0.698. The van der Waals surface area contributed by atoms with Gasteiger partial charge in [-0.3, -0.25) is 9.48 Å². The number of halogens is 1. The van der Waals surface area contributed by atoms with Gasteiger partial charge in [0.1, 0.15) is 0 Å². The van der Waals surface area contributed by atoms with Crippen LogP contribution in [-0.2, 0) is 0 Å². The Morgan fingerprint density at radius 1 is 1.29 bits per heavy atom. The fourth-order valence-corrected chi connectivity index (χ4v) is 3.67. The largest absolute Gasteiger partial charge is 0.320 e. The van der Waals surface area contributed by atoms with E-state index >= 15 is 0 Å². The second-order valence-electron chi connectivity index (χ2n) is 7.36. The summed E-state index contributed by atoms with van der Waals surface area (Å²) in [6, 6.07) is 6.36. The van der Waals surface area contributed by atoms with Crippen LogP contribution < -0.4 is 10.6 Å². The molecule has 1 fully saturated rings. The van der Waals surface area contributed by atoms with Gasteiger partial charge in [0, 0.05) is 17.1 Å². The van der Waals surface area contributed by atoms with Crippen LogP contribution in [0.25, 0.3) is 10.9 Å². The summed E-state index contributed by atoms with van der Waals surface area (Å²) in [5.41, 5.74) is 2.92. The van der Waals surface area contributed by atoms with Gasteiger partial charge in [-0.05, 0) is 64.9 Å². The van der Waals surface area contributed by atoms with Gasteiger partial charge in [0.05, 0.1) is 23.4 Å². The number of amides is 1. The molecule has 28 heavy (non-hydrogen) atoms. The molecule has 3 heterocycles. The van der Waals surface area contributed by atoms with Crippen molar-refractivity contribution in [1.29, 1.82) is 0 Å². The molecule has 1 aliphatic rings. The van der Waals surface area contributed by atoms with Crippen LogP contribution in [0.2, 0.25) is 0 Å². The van der Waals surface area contributed by atoms with Crippen molar-refractivity contribution in [3.63, 3.8) is 0 Å². The third-order valence-corrected chi connectivity index (χ3v) is 5.14. The van der Waals surface area contributed by atoms with Crippen LogP contribution in [-0.4, -0.2) is 43.8 Å². The Kier molecular flexibility index (Phi) is 6.00. The van der Waals surface area contributed by atoms with E-state index in [1.807, 2.05) is 40.7 Å². The standard InChI is InChI=1S/C19H25N7O.ClH/c1-12(2)25-17-10-15(5-4-14(17)11-21-25)22-19(27)18-13(3)26(24-23-18)16-6-8-20-9-7-16;/h4-5,10-12,16,20H,6-9H2,1-3H3,(H,22,27);1H. The zero-order valence-electron chi connectivity index (χ0n) is 16.3. The minimum absolute atomic E-state index is 0. The highest BCUT2D eigenvalue weighted by molar-refractivity contribution is 6.04. The minimum Gasteiger partial charge on any atom is -0.320 e. The summed E-state index contributed by atoms with van der Waals surface area (Å²) in [5.74, 6) is -0.234. The number of nitrogens with zero attached hydrogens (tertiary/aromatic N) is 5. The Labute approximate surface area is 170 Å². The highest BCUT2D eigenvalue weighted by Gasteiger charge is 2.23. The van der Waals surface area contributed by atoms with Gasteiger partial charge < -0.3 is 10.6 Å². The number of hydrogen-bond acceptors (Lipinski definition) is 5. The SMILES string of the molecule is Cc1c(C(=O)Nc2ccc3cnn(C(C)C)c3c2)nnn1C1CCNCC1.Cl. The molecule has 0 saturated carbocycles. The average molecular weight is 404 g/mol. The van der Waals surface area contributed by atoms with Crippen LogP contribution in [0.1, 0.15) is 55.0 Å². The summed E-state index contributed by atoms with van der Waals surface area (Å²) in [5, 5.41) is 20.2. The third kappa shape index (κ3) is 3.74. The summed E-state index contributed by atoms with van der Waals surface area (Å²) in [6.07, 6.45) is 3.85. The van der Waals surface area contributed by atoms with Crippen LogP contribution in [0.3, 0.4) is 0 Å². The van der Waals surface area contributed by atoms with E-state index in [0.29, 0.717) is 11.7 Å². The predicted octanol–water partition coefficient (Wildman–Crippen LogP) is 3.12. The first-order valence-corrected chi connectivity index (χ1v) is 9.45. The normalized spacial score (nSPS) is 15.0. The molecule has 2 aromatic heterocycles. The van der Waals surface area contributed by atoms with Gasteiger partial charge in [-0.15, -0.1) is 17.5 Å². The molecule has 1 aliphatic heterocycles. The van der Waals surface area contributed by atoms with Crippen molar-refractivity contribution in [2.24, 2.45) is 0 Å². The molecular formula is C19H26ClN7O. The lowest BCUT2D eigenvalue weighted by molar-refractivity contribution is 0.102. The Balaban J connectivity index is 0.00000225. The highest BCUT2D eigenvalue weighted by Crippen LogP contribution is 2.23. The van der Waals surface area contributed by atoms with Crippen molar-refractivity contribution in [3.8, 4) is 0 Å². The molecule has 0 unspecified atom stereocenters. The molecule has 4 rings (SSSR count). The van der Waals surface area contributed by atoms with E-state index in [9.17, 15) is 4.79 Å². The Morgan fingerprint density at radius 3 is 2.75 bits per heavy atom. The molecule has 1 aromatic carbocycles. The van der Waals surface area contributed by atoms with Gasteiger partial charge in [0.2, 0.25) is 0 Å². The molecule has 0 aliphatic carbocycles. The van der Waals surface area contributed by atoms with Gasteiger partial charge in [-0.2, -0.15) is 5.10 Å². The van der Waals surface area contributed by atoms with E-state index in [1.165, 1.54) is 0 Å². The van der Waals surface area contributed by atoms with Gasteiger partial charge >= 0.3 is 0 Å². The van der Waals surface area contributed by atoms with Crippen LogP contribution in [0.4, 0.5) is 5.69 Å². The topological polar surface area (TPSA) is 89.7 Å². The van der Waals surface area contributed by atoms with E-state index in [2.05, 4.69) is 39.9 Å². The second kappa shape index (κ2) is 8.28. The molecule has 0 atom stereocenters. The summed E-state index contributed by atoms with van der Waals surface area (Å²) in [6.45, 7) is 8.01. The first kappa shape index (κ1) is 20.3. The lowest BCUT2D eigenvalue weighted by Crippen LogP contribution is -2.30. The molecule has 150 valence electrons. The van der Waals surface area contributed by atoms with E-state index in [1.54, 1.807) is 0 Å². The van der Waals surface area contributed by atoms with E-state index < -0.39 is 0 Å². The maximum Gasteiger partial charge on any atom is 0.278 e.